The standard InChI is InChI=1S/C16H22N2O4.C15H27N2O4.C13H22N2O4/c1-15(2,18(21)12-13-8-5-4-6-9-13)22-14(19)16(3)10-7-11-17(16)20;1-13(2)9-11(10-14(3,4)17(13)20)21-12(18)15(5)7-6-8-16(15)19;1-12(2)7-9(8-15(12)18)19-11(16)10-5-6-14(17)13(10,3)4/h4-6,8-9,11-12,20-21H,7,10H2,1-3H3;8,11,19-20H,6-7,9-10H2,1-5H3;6,8-10,17-18H,5,7H2,1-4H3/q+2;+1;+2/b18-12-;;. The molecule has 62 heavy (non-hydrogen) atoms. The van der Waals surface area contributed by atoms with Gasteiger partial charge < -0.3 is 19.4 Å². The molecule has 344 valence electrons. The predicted octanol–water partition coefficient (Wildman–Crippen LogP) is 4.60. The van der Waals surface area contributed by atoms with Crippen LogP contribution in [0.4, 0.5) is 0 Å². The lowest BCUT2D eigenvalue weighted by atomic mass is 9.80. The molecular weight excluding hydrogens is 805 g/mol. The quantitative estimate of drug-likeness (QED) is 0.0401. The van der Waals surface area contributed by atoms with Crippen LogP contribution in [0.3, 0.4) is 0 Å². The van der Waals surface area contributed by atoms with Crippen LogP contribution in [-0.4, -0.2) is 160 Å². The zero-order chi connectivity index (χ0) is 46.9. The number of hydrogen-bond acceptors (Lipinski definition) is 13. The summed E-state index contributed by atoms with van der Waals surface area (Å²) in [5.41, 5.74) is -4.62. The summed E-state index contributed by atoms with van der Waals surface area (Å²) in [7, 11) is 0. The minimum atomic E-state index is -1.26. The van der Waals surface area contributed by atoms with Crippen molar-refractivity contribution in [3.63, 3.8) is 0 Å². The molecule has 5 aliphatic heterocycles. The molecule has 1 aromatic rings. The van der Waals surface area contributed by atoms with E-state index in [1.807, 2.05) is 71.9 Å². The molecule has 0 aromatic heterocycles. The highest BCUT2D eigenvalue weighted by molar-refractivity contribution is 5.82. The lowest BCUT2D eigenvalue weighted by molar-refractivity contribution is -0.847. The first kappa shape index (κ1) is 49.6. The summed E-state index contributed by atoms with van der Waals surface area (Å²) in [5.74, 6) is -1.73. The van der Waals surface area contributed by atoms with Crippen LogP contribution in [0.1, 0.15) is 140 Å². The Kier molecular flexibility index (Phi) is 14.3. The van der Waals surface area contributed by atoms with Crippen molar-refractivity contribution in [2.75, 3.05) is 0 Å². The highest BCUT2D eigenvalue weighted by Crippen LogP contribution is 2.39. The second-order valence-corrected chi connectivity index (χ2v) is 20.2. The van der Waals surface area contributed by atoms with Crippen LogP contribution < -0.4 is 0 Å². The number of esters is 3. The van der Waals surface area contributed by atoms with Crippen LogP contribution in [0.15, 0.2) is 30.3 Å². The van der Waals surface area contributed by atoms with Crippen LogP contribution in [0.5, 0.6) is 0 Å². The molecule has 1 aromatic carbocycles. The van der Waals surface area contributed by atoms with Gasteiger partial charge >= 0.3 is 34.7 Å². The molecule has 18 nitrogen and oxygen atoms in total. The molecule has 0 amide bonds. The second kappa shape index (κ2) is 17.9. The van der Waals surface area contributed by atoms with Crippen LogP contribution in [0.2, 0.25) is 0 Å². The van der Waals surface area contributed by atoms with E-state index in [1.165, 1.54) is 17.5 Å². The van der Waals surface area contributed by atoms with Gasteiger partial charge in [0.15, 0.2) is 24.7 Å². The lowest BCUT2D eigenvalue weighted by Crippen LogP contribution is -2.61. The summed E-state index contributed by atoms with van der Waals surface area (Å²) in [6.45, 7) is 21.5. The van der Waals surface area contributed by atoms with E-state index >= 15 is 0 Å². The Morgan fingerprint density at radius 3 is 1.69 bits per heavy atom. The molecule has 0 saturated carbocycles. The van der Waals surface area contributed by atoms with Crippen molar-refractivity contribution < 1.29 is 83.5 Å². The van der Waals surface area contributed by atoms with E-state index in [0.29, 0.717) is 51.4 Å². The zero-order valence-electron chi connectivity index (χ0n) is 38.5. The number of hydrogen-bond donors (Lipinski definition) is 6. The normalized spacial score (nSPS) is 28.8. The molecule has 0 bridgehead atoms. The first-order valence-electron chi connectivity index (χ1n) is 21.2. The van der Waals surface area contributed by atoms with Crippen molar-refractivity contribution >= 4 is 49.0 Å². The van der Waals surface area contributed by atoms with Gasteiger partial charge in [-0.25, -0.2) is 9.59 Å². The maximum Gasteiger partial charge on any atom is 0.388 e. The number of piperidine rings is 1. The van der Waals surface area contributed by atoms with E-state index in [1.54, 1.807) is 60.2 Å². The molecule has 6 rings (SSSR count). The molecular formula is C44H71N6O12+5. The Balaban J connectivity index is 0.000000205. The number of hydroxylamine groups is 7. The van der Waals surface area contributed by atoms with Crippen LogP contribution in [0, 0.1) is 5.92 Å². The van der Waals surface area contributed by atoms with Crippen molar-refractivity contribution in [2.45, 2.75) is 186 Å². The molecule has 1 saturated heterocycles. The molecule has 5 aliphatic rings. The average Bonchev–Trinajstić information content (AvgIpc) is 3.86. The molecule has 5 heterocycles. The number of carbonyl (C=O) groups excluding carboxylic acids is 3. The Morgan fingerprint density at radius 2 is 1.26 bits per heavy atom. The van der Waals surface area contributed by atoms with Crippen molar-refractivity contribution in [3.05, 3.63) is 35.9 Å². The zero-order valence-corrected chi connectivity index (χ0v) is 38.5. The Labute approximate surface area is 364 Å². The molecule has 4 atom stereocenters. The average molecular weight is 876 g/mol. The third-order valence-corrected chi connectivity index (χ3v) is 12.7. The monoisotopic (exact) mass is 876 g/mol. The van der Waals surface area contributed by atoms with Crippen molar-refractivity contribution in [3.8, 4) is 0 Å². The summed E-state index contributed by atoms with van der Waals surface area (Å²) in [4.78, 5) is 37.0. The number of ether oxygens (including phenoxy) is 3. The SMILES string of the molecule is CC1(C(=O)OC(C)(C)/[N+](O)=C/c2ccccc2)CCC=[N+]1O.CC1(C)CC(OC(=O)C2(C)CCC=[N+]2O)CC(C)(C)N1O.CC1(C)CC(OC(=O)C2CC=[N+](O)C2(C)C)C=[N+]1O. The predicted molar refractivity (Wildman–Crippen MR) is 223 cm³/mol. The number of nitrogens with zero attached hydrogens (tertiary/aromatic N) is 6. The summed E-state index contributed by atoms with van der Waals surface area (Å²) in [5, 5.41) is 60.8. The Hall–Kier alpha value is -5.10. The van der Waals surface area contributed by atoms with Gasteiger partial charge in [-0.2, -0.15) is 5.06 Å². The van der Waals surface area contributed by atoms with Gasteiger partial charge in [-0.15, -0.1) is 0 Å². The molecule has 0 aliphatic carbocycles. The Bertz CT molecular complexity index is 1990. The topological polar surface area (TPSA) is 219 Å². The Morgan fingerprint density at radius 1 is 0.742 bits per heavy atom. The first-order valence-corrected chi connectivity index (χ1v) is 21.2. The van der Waals surface area contributed by atoms with E-state index in [0.717, 1.165) is 29.3 Å². The van der Waals surface area contributed by atoms with E-state index in [4.69, 9.17) is 14.2 Å². The van der Waals surface area contributed by atoms with Gasteiger partial charge in [0.25, 0.3) is 0 Å². The second-order valence-electron chi connectivity index (χ2n) is 20.2. The summed E-state index contributed by atoms with van der Waals surface area (Å²) in [6.07, 6.45) is 11.4. The minimum absolute atomic E-state index is 0.267. The maximum atomic E-state index is 12.4. The number of rotatable bonds is 8. The fourth-order valence-corrected chi connectivity index (χ4v) is 8.29. The summed E-state index contributed by atoms with van der Waals surface area (Å²) < 4.78 is 21.4. The number of benzene rings is 1. The van der Waals surface area contributed by atoms with Crippen LogP contribution >= 0.6 is 0 Å². The summed E-state index contributed by atoms with van der Waals surface area (Å²) in [6, 6.07) is 9.21. The van der Waals surface area contributed by atoms with Crippen LogP contribution in [-0.2, 0) is 28.6 Å². The van der Waals surface area contributed by atoms with Gasteiger partial charge in [0, 0.05) is 122 Å². The van der Waals surface area contributed by atoms with Gasteiger partial charge in [0.2, 0.25) is 23.5 Å². The first-order chi connectivity index (χ1) is 28.4. The smallest absolute Gasteiger partial charge is 0.388 e. The van der Waals surface area contributed by atoms with Gasteiger partial charge in [-0.1, -0.05) is 18.2 Å². The maximum absolute atomic E-state index is 12.4. The highest BCUT2D eigenvalue weighted by Gasteiger charge is 2.56. The molecule has 1 fully saturated rings. The molecule has 0 spiro atoms. The summed E-state index contributed by atoms with van der Waals surface area (Å²) >= 11 is 0. The van der Waals surface area contributed by atoms with E-state index in [9.17, 15) is 45.6 Å². The van der Waals surface area contributed by atoms with Gasteiger partial charge in [-0.05, 0) is 58.8 Å². The fraction of sp³-hybridized carbons (Fsp3) is 0.682. The third-order valence-electron chi connectivity index (χ3n) is 12.7. The molecule has 4 unspecified atom stereocenters. The lowest BCUT2D eigenvalue weighted by Gasteiger charge is -2.51. The van der Waals surface area contributed by atoms with Crippen molar-refractivity contribution in [1.29, 1.82) is 0 Å². The van der Waals surface area contributed by atoms with Crippen molar-refractivity contribution in [1.82, 2.24) is 5.06 Å². The van der Waals surface area contributed by atoms with E-state index < -0.39 is 62.9 Å². The molecule has 6 N–H and O–H groups in total. The largest absolute Gasteiger partial charge is 0.457 e. The van der Waals surface area contributed by atoms with Gasteiger partial charge in [0.05, 0.1) is 6.42 Å². The minimum Gasteiger partial charge on any atom is -0.457 e. The van der Waals surface area contributed by atoms with Gasteiger partial charge in [-0.3, -0.25) is 30.8 Å². The van der Waals surface area contributed by atoms with E-state index in [-0.39, 0.29) is 12.1 Å². The van der Waals surface area contributed by atoms with Crippen LogP contribution in [0.25, 0.3) is 0 Å². The van der Waals surface area contributed by atoms with E-state index in [2.05, 4.69) is 0 Å². The van der Waals surface area contributed by atoms with Crippen molar-refractivity contribution in [2.24, 2.45) is 5.92 Å². The fourth-order valence-electron chi connectivity index (χ4n) is 8.29. The molecule has 0 radical (unpaired) electrons. The molecule has 18 heteroatoms. The number of carbonyl (C=O) groups is 3. The highest BCUT2D eigenvalue weighted by atomic mass is 16.6. The van der Waals surface area contributed by atoms with Gasteiger partial charge in [0.1, 0.15) is 12.0 Å². The third kappa shape index (κ3) is 10.7.